The Hall–Kier alpha value is -3.78. The quantitative estimate of drug-likeness (QED) is 0.0426. The second-order valence-corrected chi connectivity index (χ2v) is 35.1. The molecule has 0 aromatic rings. The van der Waals surface area contributed by atoms with Gasteiger partial charge in [-0.25, -0.2) is 0 Å². The lowest BCUT2D eigenvalue weighted by atomic mass is 9.82. The van der Waals surface area contributed by atoms with Gasteiger partial charge in [-0.1, -0.05) is 158 Å². The van der Waals surface area contributed by atoms with Gasteiger partial charge in [0.2, 0.25) is 0 Å². The molecule has 0 amide bonds. The van der Waals surface area contributed by atoms with Crippen molar-refractivity contribution in [1.82, 2.24) is 29.4 Å². The Morgan fingerprint density at radius 2 is 0.390 bits per heavy atom. The minimum atomic E-state index is -0.413. The Morgan fingerprint density at radius 1 is 0.229 bits per heavy atom. The number of hydrogen-bond donors (Lipinski definition) is 0. The number of carbonyl (C=O) groups excluding carboxylic acids is 6. The molecular weight excluding hydrogens is 1300 g/mol. The predicted octanol–water partition coefficient (Wildman–Crippen LogP) is 23.2. The summed E-state index contributed by atoms with van der Waals surface area (Å²) in [6.07, 6.45) is 33.5. The first-order valence-electron chi connectivity index (χ1n) is 41.4. The number of ketones is 6. The average Bonchev–Trinajstić information content (AvgIpc) is 0.859. The van der Waals surface area contributed by atoms with Gasteiger partial charge in [0.1, 0.15) is 0 Å². The van der Waals surface area contributed by atoms with Crippen molar-refractivity contribution in [2.45, 2.75) is 412 Å². The Morgan fingerprint density at radius 3 is 0.600 bits per heavy atom. The van der Waals surface area contributed by atoms with E-state index in [1.54, 1.807) is 0 Å². The Bertz CT molecular complexity index is 2440. The van der Waals surface area contributed by atoms with Gasteiger partial charge in [-0.05, 0) is 263 Å². The highest BCUT2D eigenvalue weighted by Gasteiger charge is 2.44. The molecule has 0 N–H and O–H groups in total. The largest absolute Gasteiger partial charge is 0.297 e. The zero-order valence-corrected chi connectivity index (χ0v) is 76.6. The van der Waals surface area contributed by atoms with Gasteiger partial charge in [0.15, 0.2) is 34.7 Å². The predicted molar refractivity (Wildman–Crippen MR) is 465 cm³/mol. The van der Waals surface area contributed by atoms with Gasteiger partial charge in [0.25, 0.3) is 0 Å². The zero-order chi connectivity index (χ0) is 83.9. The van der Waals surface area contributed by atoms with Gasteiger partial charge in [-0.15, -0.1) is 39.5 Å². The van der Waals surface area contributed by atoms with E-state index in [0.717, 1.165) is 96.3 Å². The second-order valence-electron chi connectivity index (χ2n) is 35.1. The monoisotopic (exact) mass is 1480 g/mol. The first kappa shape index (κ1) is 112. The van der Waals surface area contributed by atoms with Crippen LogP contribution >= 0.6 is 0 Å². The molecule has 0 radical (unpaired) electrons. The number of likely N-dealkylation sites (N-methyl/N-ethyl adjacent to an activating group) is 6. The molecule has 0 aliphatic carbocycles. The molecule has 6 atom stereocenters. The van der Waals surface area contributed by atoms with E-state index in [4.69, 9.17) is 0 Å². The molecule has 0 rings (SSSR count). The van der Waals surface area contributed by atoms with Gasteiger partial charge in [0, 0.05) is 71.8 Å². The summed E-state index contributed by atoms with van der Waals surface area (Å²) >= 11 is 0. The van der Waals surface area contributed by atoms with Crippen molar-refractivity contribution in [2.75, 3.05) is 42.3 Å². The SMILES string of the molecule is C=CCC(C)(C(=O)C(C)C)N(C)C(C)C.C=CCCC(C)(C(=O)C(C)C)N(C)C(C)C.C=CCCCC(C)(C(=O)C(C)C)N(C)C(C)C.C=CCCCCC(C)(C(=O)C(C)C)N(C)C(C)C.C=CCCCCCC(C)(C(=O)C(C)C)N(C)C(C)C.C=CCCCCCCC(C)(C(=O)C(C)C)N(C)C(C)C. The third kappa shape index (κ3) is 40.1. The minimum Gasteiger partial charge on any atom is -0.297 e. The van der Waals surface area contributed by atoms with E-state index >= 15 is 0 Å². The van der Waals surface area contributed by atoms with Crippen LogP contribution in [-0.2, 0) is 28.8 Å². The lowest BCUT2D eigenvalue weighted by Crippen LogP contribution is -2.54. The summed E-state index contributed by atoms with van der Waals surface area (Å²) in [5.41, 5.74) is -2.09. The fourth-order valence-corrected chi connectivity index (χ4v) is 14.0. The summed E-state index contributed by atoms with van der Waals surface area (Å²) in [7, 11) is 12.3. The third-order valence-corrected chi connectivity index (χ3v) is 22.8. The minimum absolute atomic E-state index is 0.0659. The Kier molecular flexibility index (Phi) is 61.2. The van der Waals surface area contributed by atoms with Crippen LogP contribution in [0.1, 0.15) is 343 Å². The molecule has 105 heavy (non-hydrogen) atoms. The van der Waals surface area contributed by atoms with Crippen molar-refractivity contribution >= 4 is 34.7 Å². The van der Waals surface area contributed by atoms with E-state index in [2.05, 4.69) is 215 Å². The summed E-state index contributed by atoms with van der Waals surface area (Å²) in [6.45, 7) is 84.5. The van der Waals surface area contributed by atoms with E-state index in [1.807, 2.05) is 141 Å². The van der Waals surface area contributed by atoms with Crippen LogP contribution in [0.4, 0.5) is 0 Å². The van der Waals surface area contributed by atoms with Crippen molar-refractivity contribution in [2.24, 2.45) is 35.5 Å². The van der Waals surface area contributed by atoms with Gasteiger partial charge >= 0.3 is 0 Å². The number of Topliss-reactive ketones (excluding diaryl/α,β-unsaturated/α-hetero) is 6. The molecule has 618 valence electrons. The van der Waals surface area contributed by atoms with Crippen LogP contribution in [0, 0.1) is 35.5 Å². The maximum atomic E-state index is 12.6. The summed E-state index contributed by atoms with van der Waals surface area (Å²) in [4.78, 5) is 87.9. The van der Waals surface area contributed by atoms with Crippen LogP contribution in [-0.4, -0.2) is 176 Å². The molecule has 0 spiro atoms. The lowest BCUT2D eigenvalue weighted by Gasteiger charge is -2.41. The van der Waals surface area contributed by atoms with E-state index in [-0.39, 0.29) is 63.2 Å². The Balaban J connectivity index is -0.000000281. The third-order valence-electron chi connectivity index (χ3n) is 22.8. The molecule has 0 fully saturated rings. The Labute approximate surface area is 655 Å². The fraction of sp³-hybridized carbons (Fsp3) is 0.806. The first-order chi connectivity index (χ1) is 48.1. The molecule has 6 unspecified atom stereocenters. The van der Waals surface area contributed by atoms with E-state index in [0.29, 0.717) is 77.4 Å². The van der Waals surface area contributed by atoms with Gasteiger partial charge in [-0.2, -0.15) is 0 Å². The summed E-state index contributed by atoms with van der Waals surface area (Å²) in [5, 5.41) is 0. The highest BCUT2D eigenvalue weighted by atomic mass is 16.2. The highest BCUT2D eigenvalue weighted by molar-refractivity contribution is 5.92. The molecule has 0 saturated heterocycles. The van der Waals surface area contributed by atoms with Crippen molar-refractivity contribution in [3.05, 3.63) is 75.9 Å². The second kappa shape index (κ2) is 57.3. The van der Waals surface area contributed by atoms with Crippen LogP contribution in [0.2, 0.25) is 0 Å². The maximum absolute atomic E-state index is 12.6. The number of nitrogens with zero attached hydrogens (tertiary/aromatic N) is 6. The molecule has 12 heteroatoms. The molecule has 0 aromatic carbocycles. The van der Waals surface area contributed by atoms with Gasteiger partial charge in [0.05, 0.1) is 33.2 Å². The molecule has 0 bridgehead atoms. The van der Waals surface area contributed by atoms with Gasteiger partial charge < -0.3 is 0 Å². The normalized spacial score (nSPS) is 15.3. The van der Waals surface area contributed by atoms with Crippen molar-refractivity contribution < 1.29 is 28.8 Å². The molecule has 0 aliphatic heterocycles. The molecule has 0 heterocycles. The number of unbranched alkanes of at least 4 members (excludes halogenated alkanes) is 10. The maximum Gasteiger partial charge on any atom is 0.155 e. The van der Waals surface area contributed by atoms with Crippen LogP contribution in [0.5, 0.6) is 0 Å². The van der Waals surface area contributed by atoms with E-state index < -0.39 is 5.54 Å². The van der Waals surface area contributed by atoms with Gasteiger partial charge in [-0.3, -0.25) is 58.2 Å². The molecule has 0 aliphatic rings. The average molecular weight is 1480 g/mol. The van der Waals surface area contributed by atoms with Crippen LogP contribution < -0.4 is 0 Å². The molecule has 12 nitrogen and oxygen atoms in total. The van der Waals surface area contributed by atoms with Crippen molar-refractivity contribution in [3.8, 4) is 0 Å². The lowest BCUT2D eigenvalue weighted by molar-refractivity contribution is -0.135. The number of carbonyl (C=O) groups is 6. The van der Waals surface area contributed by atoms with E-state index in [1.165, 1.54) is 32.1 Å². The fourth-order valence-electron chi connectivity index (χ4n) is 14.0. The van der Waals surface area contributed by atoms with E-state index in [9.17, 15) is 28.8 Å². The summed E-state index contributed by atoms with van der Waals surface area (Å²) in [6, 6.07) is 2.28. The standard InChI is InChI=1S/C18H35NO.C17H33NO.C16H31NO.C15H29NO.C14H27NO.C13H25NO/c1-8-9-10-11-12-13-14-18(6,17(20)15(2)3)19(7)16(4)5;1-8-9-10-11-12-13-17(6,16(19)14(2)3)18(7)15(4)5;1-8-9-10-11-12-16(6,15(18)13(2)3)17(7)14(4)5;1-8-9-10-11-15(6,14(17)12(2)3)16(7)13(4)5;1-8-9-10-14(6,13(16)11(2)3)15(7)12(4)5;1-8-9-13(6,12(15)10(2)3)14(7)11(4)5/h8,15-16H,1,9-14H2,2-7H3;8,14-15H,1,9-13H2,2-7H3;8,13-14H,1,9-12H2,2-7H3;8,12-13H,1,9-11H2,2-7H3;8,11-12H,1,9-10H2,2-7H3;8,10-11H,1,9H2,2-7H3. The summed E-state index contributed by atoms with van der Waals surface area (Å²) in [5.74, 6) is 2.58. The van der Waals surface area contributed by atoms with Crippen molar-refractivity contribution in [3.63, 3.8) is 0 Å². The molecular formula is C93H180N6O6. The van der Waals surface area contributed by atoms with Crippen molar-refractivity contribution in [1.29, 1.82) is 0 Å². The number of rotatable bonds is 51. The van der Waals surface area contributed by atoms with Crippen LogP contribution in [0.15, 0.2) is 75.9 Å². The molecule has 0 aromatic heterocycles. The number of allylic oxidation sites excluding steroid dienone is 5. The first-order valence-corrected chi connectivity index (χ1v) is 41.4. The van der Waals surface area contributed by atoms with Crippen LogP contribution in [0.25, 0.3) is 0 Å². The smallest absolute Gasteiger partial charge is 0.155 e. The highest BCUT2D eigenvalue weighted by Crippen LogP contribution is 2.33. The topological polar surface area (TPSA) is 122 Å². The molecule has 0 saturated carbocycles. The zero-order valence-electron chi connectivity index (χ0n) is 76.6. The number of hydrogen-bond acceptors (Lipinski definition) is 12. The van der Waals surface area contributed by atoms with Crippen LogP contribution in [0.3, 0.4) is 0 Å². The summed E-state index contributed by atoms with van der Waals surface area (Å²) < 4.78 is 0.